The number of aromatic nitrogens is 2. The lowest BCUT2D eigenvalue weighted by Crippen LogP contribution is -2.33. The molecular formula is C12H21N3O. The van der Waals surface area contributed by atoms with Crippen LogP contribution in [-0.4, -0.2) is 21.7 Å². The molecule has 4 heteroatoms. The first kappa shape index (κ1) is 12.7. The van der Waals surface area contributed by atoms with Gasteiger partial charge in [0.05, 0.1) is 6.20 Å². The third-order valence-electron chi connectivity index (χ3n) is 2.75. The molecule has 16 heavy (non-hydrogen) atoms. The zero-order valence-electron chi connectivity index (χ0n) is 10.4. The molecule has 4 nitrogen and oxygen atoms in total. The average Bonchev–Trinajstić information content (AvgIpc) is 2.69. The SMILES string of the molecule is CCC(CC)NC(=O)CCc1cnn(C)c1. The van der Waals surface area contributed by atoms with E-state index >= 15 is 0 Å². The van der Waals surface area contributed by atoms with Crippen LogP contribution in [0.5, 0.6) is 0 Å². The van der Waals surface area contributed by atoms with Crippen LogP contribution >= 0.6 is 0 Å². The summed E-state index contributed by atoms with van der Waals surface area (Å²) in [6, 6.07) is 0.321. The Morgan fingerprint density at radius 2 is 2.19 bits per heavy atom. The summed E-state index contributed by atoms with van der Waals surface area (Å²) >= 11 is 0. The Kier molecular flexibility index (Phi) is 5.02. The molecule has 1 N–H and O–H groups in total. The van der Waals surface area contributed by atoms with Crippen molar-refractivity contribution in [3.8, 4) is 0 Å². The lowest BCUT2D eigenvalue weighted by molar-refractivity contribution is -0.121. The Balaban J connectivity index is 2.30. The molecule has 1 aromatic heterocycles. The summed E-state index contributed by atoms with van der Waals surface area (Å²) in [6.07, 6.45) is 7.06. The van der Waals surface area contributed by atoms with Crippen LogP contribution in [0.4, 0.5) is 0 Å². The van der Waals surface area contributed by atoms with Crippen molar-refractivity contribution >= 4 is 5.91 Å². The number of nitrogens with one attached hydrogen (secondary N) is 1. The van der Waals surface area contributed by atoms with Gasteiger partial charge in [0.2, 0.25) is 5.91 Å². The summed E-state index contributed by atoms with van der Waals surface area (Å²) in [5.41, 5.74) is 1.11. The predicted molar refractivity (Wildman–Crippen MR) is 64.0 cm³/mol. The fourth-order valence-electron chi connectivity index (χ4n) is 1.65. The monoisotopic (exact) mass is 223 g/mol. The third-order valence-corrected chi connectivity index (χ3v) is 2.75. The molecule has 0 aliphatic rings. The van der Waals surface area contributed by atoms with Crippen LogP contribution in [0.1, 0.15) is 38.7 Å². The first-order chi connectivity index (χ1) is 7.65. The highest BCUT2D eigenvalue weighted by atomic mass is 16.1. The number of carbonyl (C=O) groups is 1. The summed E-state index contributed by atoms with van der Waals surface area (Å²) in [5, 5.41) is 7.10. The van der Waals surface area contributed by atoms with Gasteiger partial charge in [-0.25, -0.2) is 0 Å². The molecule has 0 saturated carbocycles. The van der Waals surface area contributed by atoms with Gasteiger partial charge in [-0.2, -0.15) is 5.10 Å². The lowest BCUT2D eigenvalue weighted by Gasteiger charge is -2.14. The van der Waals surface area contributed by atoms with Crippen LogP contribution in [-0.2, 0) is 18.3 Å². The second-order valence-electron chi connectivity index (χ2n) is 4.10. The van der Waals surface area contributed by atoms with Crippen molar-refractivity contribution in [2.45, 2.75) is 45.6 Å². The quantitative estimate of drug-likeness (QED) is 0.797. The molecular weight excluding hydrogens is 202 g/mol. The Morgan fingerprint density at radius 3 is 2.69 bits per heavy atom. The largest absolute Gasteiger partial charge is 0.353 e. The fraction of sp³-hybridized carbons (Fsp3) is 0.667. The molecule has 0 aromatic carbocycles. The highest BCUT2D eigenvalue weighted by Crippen LogP contribution is 2.02. The minimum absolute atomic E-state index is 0.137. The molecule has 1 aromatic rings. The number of hydrogen-bond donors (Lipinski definition) is 1. The van der Waals surface area contributed by atoms with E-state index in [9.17, 15) is 4.79 Å². The standard InChI is InChI=1S/C12H21N3O/c1-4-11(5-2)14-12(16)7-6-10-8-13-15(3)9-10/h8-9,11H,4-7H2,1-3H3,(H,14,16). The molecule has 90 valence electrons. The van der Waals surface area contributed by atoms with E-state index in [1.165, 1.54) is 0 Å². The predicted octanol–water partition coefficient (Wildman–Crippen LogP) is 1.66. The van der Waals surface area contributed by atoms with Crippen LogP contribution in [0.3, 0.4) is 0 Å². The smallest absolute Gasteiger partial charge is 0.220 e. The second kappa shape index (κ2) is 6.30. The zero-order chi connectivity index (χ0) is 12.0. The molecule has 0 aliphatic carbocycles. The zero-order valence-corrected chi connectivity index (χ0v) is 10.4. The number of aryl methyl sites for hydroxylation is 2. The maximum Gasteiger partial charge on any atom is 0.220 e. The Morgan fingerprint density at radius 1 is 1.50 bits per heavy atom. The molecule has 0 radical (unpaired) electrons. The number of nitrogens with zero attached hydrogens (tertiary/aromatic N) is 2. The number of carbonyl (C=O) groups excluding carboxylic acids is 1. The Labute approximate surface area is 97.0 Å². The van der Waals surface area contributed by atoms with E-state index in [1.807, 2.05) is 19.4 Å². The first-order valence-electron chi connectivity index (χ1n) is 5.92. The molecule has 1 heterocycles. The lowest BCUT2D eigenvalue weighted by atomic mass is 10.1. The molecule has 0 fully saturated rings. The van der Waals surface area contributed by atoms with Crippen molar-refractivity contribution in [2.24, 2.45) is 7.05 Å². The molecule has 0 aliphatic heterocycles. The third kappa shape index (κ3) is 4.04. The highest BCUT2D eigenvalue weighted by molar-refractivity contribution is 5.76. The van der Waals surface area contributed by atoms with Crippen LogP contribution < -0.4 is 5.32 Å². The van der Waals surface area contributed by atoms with Gasteiger partial charge in [-0.15, -0.1) is 0 Å². The van der Waals surface area contributed by atoms with Crippen LogP contribution in [0.2, 0.25) is 0 Å². The summed E-state index contributed by atoms with van der Waals surface area (Å²) < 4.78 is 1.76. The van der Waals surface area contributed by atoms with E-state index in [2.05, 4.69) is 24.3 Å². The van der Waals surface area contributed by atoms with Gasteiger partial charge in [-0.1, -0.05) is 13.8 Å². The normalized spacial score (nSPS) is 10.8. The van der Waals surface area contributed by atoms with E-state index in [4.69, 9.17) is 0 Å². The minimum atomic E-state index is 0.137. The summed E-state index contributed by atoms with van der Waals surface area (Å²) in [5.74, 6) is 0.137. The molecule has 1 amide bonds. The molecule has 0 unspecified atom stereocenters. The Bertz CT molecular complexity index is 329. The van der Waals surface area contributed by atoms with Gasteiger partial charge in [-0.3, -0.25) is 9.48 Å². The van der Waals surface area contributed by atoms with Gasteiger partial charge in [-0.05, 0) is 24.8 Å². The van der Waals surface area contributed by atoms with Gasteiger partial charge in [0.25, 0.3) is 0 Å². The summed E-state index contributed by atoms with van der Waals surface area (Å²) in [7, 11) is 1.88. The van der Waals surface area contributed by atoms with Crippen LogP contribution in [0, 0.1) is 0 Å². The molecule has 0 atom stereocenters. The van der Waals surface area contributed by atoms with Gasteiger partial charge in [0.1, 0.15) is 0 Å². The van der Waals surface area contributed by atoms with Crippen LogP contribution in [0.15, 0.2) is 12.4 Å². The van der Waals surface area contributed by atoms with E-state index < -0.39 is 0 Å². The fourth-order valence-corrected chi connectivity index (χ4v) is 1.65. The van der Waals surface area contributed by atoms with Crippen molar-refractivity contribution in [1.29, 1.82) is 0 Å². The average molecular weight is 223 g/mol. The molecule has 0 saturated heterocycles. The van der Waals surface area contributed by atoms with E-state index in [1.54, 1.807) is 4.68 Å². The van der Waals surface area contributed by atoms with Gasteiger partial charge in [0, 0.05) is 25.7 Å². The Hall–Kier alpha value is -1.32. The number of hydrogen-bond acceptors (Lipinski definition) is 2. The highest BCUT2D eigenvalue weighted by Gasteiger charge is 2.08. The van der Waals surface area contributed by atoms with Crippen molar-refractivity contribution in [3.63, 3.8) is 0 Å². The van der Waals surface area contributed by atoms with Gasteiger partial charge in [0.15, 0.2) is 0 Å². The topological polar surface area (TPSA) is 46.9 Å². The van der Waals surface area contributed by atoms with E-state index in [-0.39, 0.29) is 5.91 Å². The maximum absolute atomic E-state index is 11.6. The number of amides is 1. The minimum Gasteiger partial charge on any atom is -0.353 e. The molecule has 1 rings (SSSR count). The van der Waals surface area contributed by atoms with Crippen molar-refractivity contribution in [3.05, 3.63) is 18.0 Å². The van der Waals surface area contributed by atoms with E-state index in [0.29, 0.717) is 12.5 Å². The van der Waals surface area contributed by atoms with E-state index in [0.717, 1.165) is 24.8 Å². The number of rotatable bonds is 6. The molecule has 0 spiro atoms. The summed E-state index contributed by atoms with van der Waals surface area (Å²) in [4.78, 5) is 11.6. The maximum atomic E-state index is 11.6. The van der Waals surface area contributed by atoms with Gasteiger partial charge < -0.3 is 5.32 Å². The van der Waals surface area contributed by atoms with Gasteiger partial charge >= 0.3 is 0 Å². The van der Waals surface area contributed by atoms with Crippen molar-refractivity contribution in [2.75, 3.05) is 0 Å². The summed E-state index contributed by atoms with van der Waals surface area (Å²) in [6.45, 7) is 4.19. The second-order valence-corrected chi connectivity index (χ2v) is 4.10. The van der Waals surface area contributed by atoms with Crippen molar-refractivity contribution < 1.29 is 4.79 Å². The molecule has 0 bridgehead atoms. The van der Waals surface area contributed by atoms with Crippen LogP contribution in [0.25, 0.3) is 0 Å². The van der Waals surface area contributed by atoms with Crippen molar-refractivity contribution in [1.82, 2.24) is 15.1 Å². The first-order valence-corrected chi connectivity index (χ1v) is 5.92.